The Morgan fingerprint density at radius 1 is 1.17 bits per heavy atom. The van der Waals surface area contributed by atoms with Gasteiger partial charge in [0.05, 0.1) is 12.1 Å². The summed E-state index contributed by atoms with van der Waals surface area (Å²) < 4.78 is 5.70. The van der Waals surface area contributed by atoms with Crippen LogP contribution in [0.1, 0.15) is 33.3 Å². The maximum Gasteiger partial charge on any atom is 0.287 e. The Hall–Kier alpha value is -2.59. The van der Waals surface area contributed by atoms with E-state index in [9.17, 15) is 9.90 Å². The SMILES string of the molecule is Cc1c(C(=O)NC2c3ccccc3CC2O)oc2ccccc12. The average molecular weight is 307 g/mol. The second kappa shape index (κ2) is 5.25. The summed E-state index contributed by atoms with van der Waals surface area (Å²) in [6.45, 7) is 1.87. The molecule has 0 spiro atoms. The maximum absolute atomic E-state index is 12.6. The molecule has 1 aromatic heterocycles. The number of para-hydroxylation sites is 1. The van der Waals surface area contributed by atoms with Crippen LogP contribution >= 0.6 is 0 Å². The molecule has 2 unspecified atom stereocenters. The Kier molecular flexibility index (Phi) is 3.20. The number of furan rings is 1. The average Bonchev–Trinajstić information content (AvgIpc) is 3.06. The highest BCUT2D eigenvalue weighted by molar-refractivity contribution is 5.99. The van der Waals surface area contributed by atoms with Gasteiger partial charge in [-0.15, -0.1) is 0 Å². The third kappa shape index (κ3) is 2.23. The van der Waals surface area contributed by atoms with Crippen molar-refractivity contribution in [1.29, 1.82) is 0 Å². The second-order valence-corrected chi connectivity index (χ2v) is 5.97. The van der Waals surface area contributed by atoms with E-state index >= 15 is 0 Å². The molecule has 0 aliphatic heterocycles. The monoisotopic (exact) mass is 307 g/mol. The summed E-state index contributed by atoms with van der Waals surface area (Å²) in [5.74, 6) is 0.0160. The van der Waals surface area contributed by atoms with E-state index < -0.39 is 12.1 Å². The first-order valence-corrected chi connectivity index (χ1v) is 7.70. The van der Waals surface area contributed by atoms with E-state index in [1.165, 1.54) is 0 Å². The summed E-state index contributed by atoms with van der Waals surface area (Å²) in [6, 6.07) is 15.0. The molecule has 0 bridgehead atoms. The van der Waals surface area contributed by atoms with Crippen LogP contribution in [0.15, 0.2) is 52.9 Å². The summed E-state index contributed by atoms with van der Waals surface area (Å²) in [7, 11) is 0. The van der Waals surface area contributed by atoms with E-state index in [0.717, 1.165) is 22.1 Å². The molecule has 116 valence electrons. The second-order valence-electron chi connectivity index (χ2n) is 5.97. The van der Waals surface area contributed by atoms with Crippen LogP contribution in [-0.4, -0.2) is 17.1 Å². The summed E-state index contributed by atoms with van der Waals surface area (Å²) in [5, 5.41) is 14.1. The van der Waals surface area contributed by atoms with Gasteiger partial charge in [0.15, 0.2) is 5.76 Å². The zero-order chi connectivity index (χ0) is 16.0. The van der Waals surface area contributed by atoms with Crippen molar-refractivity contribution in [2.45, 2.75) is 25.5 Å². The fraction of sp³-hybridized carbons (Fsp3) is 0.211. The van der Waals surface area contributed by atoms with Gasteiger partial charge in [0.2, 0.25) is 0 Å². The Morgan fingerprint density at radius 2 is 1.91 bits per heavy atom. The number of hydrogen-bond acceptors (Lipinski definition) is 3. The molecule has 0 saturated carbocycles. The van der Waals surface area contributed by atoms with Gasteiger partial charge in [-0.05, 0) is 24.1 Å². The van der Waals surface area contributed by atoms with Crippen molar-refractivity contribution >= 4 is 16.9 Å². The minimum atomic E-state index is -0.610. The smallest absolute Gasteiger partial charge is 0.287 e. The predicted octanol–water partition coefficient (Wildman–Crippen LogP) is 3.13. The number of benzene rings is 2. The number of aliphatic hydroxyl groups is 1. The highest BCUT2D eigenvalue weighted by Gasteiger charge is 2.33. The Balaban J connectivity index is 1.66. The Labute approximate surface area is 133 Å². The van der Waals surface area contributed by atoms with Crippen molar-refractivity contribution in [1.82, 2.24) is 5.32 Å². The van der Waals surface area contributed by atoms with Crippen molar-refractivity contribution < 1.29 is 14.3 Å². The van der Waals surface area contributed by atoms with E-state index in [4.69, 9.17) is 4.42 Å². The van der Waals surface area contributed by atoms with Crippen LogP contribution in [0.4, 0.5) is 0 Å². The lowest BCUT2D eigenvalue weighted by Crippen LogP contribution is -2.33. The summed E-state index contributed by atoms with van der Waals surface area (Å²) in [6.07, 6.45) is -0.0544. The van der Waals surface area contributed by atoms with Gasteiger partial charge in [0, 0.05) is 17.4 Å². The molecule has 4 heteroatoms. The van der Waals surface area contributed by atoms with Gasteiger partial charge in [0.1, 0.15) is 5.58 Å². The Bertz CT molecular complexity index is 897. The predicted molar refractivity (Wildman–Crippen MR) is 87.3 cm³/mol. The lowest BCUT2D eigenvalue weighted by Gasteiger charge is -2.17. The number of nitrogens with one attached hydrogen (secondary N) is 1. The third-order valence-electron chi connectivity index (χ3n) is 4.54. The summed E-state index contributed by atoms with van der Waals surface area (Å²) >= 11 is 0. The molecule has 4 nitrogen and oxygen atoms in total. The van der Waals surface area contributed by atoms with Crippen LogP contribution in [0, 0.1) is 6.92 Å². The van der Waals surface area contributed by atoms with Crippen molar-refractivity contribution in [3.63, 3.8) is 0 Å². The number of rotatable bonds is 2. The first kappa shape index (κ1) is 14.0. The molecule has 1 amide bonds. The molecule has 0 fully saturated rings. The van der Waals surface area contributed by atoms with E-state index in [-0.39, 0.29) is 5.91 Å². The molecular formula is C19H17NO3. The number of carbonyl (C=O) groups excluding carboxylic acids is 1. The third-order valence-corrected chi connectivity index (χ3v) is 4.54. The van der Waals surface area contributed by atoms with E-state index in [1.807, 2.05) is 55.5 Å². The van der Waals surface area contributed by atoms with Gasteiger partial charge in [-0.25, -0.2) is 0 Å². The van der Waals surface area contributed by atoms with Gasteiger partial charge in [-0.1, -0.05) is 42.5 Å². The molecule has 1 aliphatic rings. The van der Waals surface area contributed by atoms with Crippen LogP contribution in [-0.2, 0) is 6.42 Å². The standard InChI is InChI=1S/C19H17NO3/c1-11-13-7-4-5-9-16(13)23-18(11)19(22)20-17-14-8-3-2-6-12(14)10-15(17)21/h2-9,15,17,21H,10H2,1H3,(H,20,22). The largest absolute Gasteiger partial charge is 0.451 e. The molecule has 1 heterocycles. The van der Waals surface area contributed by atoms with E-state index in [1.54, 1.807) is 0 Å². The number of carbonyl (C=O) groups is 1. The van der Waals surface area contributed by atoms with Crippen molar-refractivity contribution in [2.24, 2.45) is 0 Å². The van der Waals surface area contributed by atoms with Crippen LogP contribution < -0.4 is 5.32 Å². The van der Waals surface area contributed by atoms with Crippen LogP contribution in [0.5, 0.6) is 0 Å². The topological polar surface area (TPSA) is 62.5 Å². The van der Waals surface area contributed by atoms with Crippen LogP contribution in [0.3, 0.4) is 0 Å². The molecule has 4 rings (SSSR count). The molecule has 0 radical (unpaired) electrons. The van der Waals surface area contributed by atoms with Crippen molar-refractivity contribution in [2.75, 3.05) is 0 Å². The lowest BCUT2D eigenvalue weighted by atomic mass is 10.1. The first-order chi connectivity index (χ1) is 11.1. The van der Waals surface area contributed by atoms with Crippen molar-refractivity contribution in [3.05, 3.63) is 71.0 Å². The molecule has 0 saturated heterocycles. The van der Waals surface area contributed by atoms with Gasteiger partial charge in [0.25, 0.3) is 5.91 Å². The number of aryl methyl sites for hydroxylation is 1. The molecule has 23 heavy (non-hydrogen) atoms. The van der Waals surface area contributed by atoms with Crippen LogP contribution in [0.25, 0.3) is 11.0 Å². The van der Waals surface area contributed by atoms with E-state index in [2.05, 4.69) is 5.32 Å². The molecular weight excluding hydrogens is 290 g/mol. The molecule has 2 N–H and O–H groups in total. The highest BCUT2D eigenvalue weighted by atomic mass is 16.3. The Morgan fingerprint density at radius 3 is 2.74 bits per heavy atom. The van der Waals surface area contributed by atoms with Crippen LogP contribution in [0.2, 0.25) is 0 Å². The zero-order valence-corrected chi connectivity index (χ0v) is 12.7. The number of fused-ring (bicyclic) bond motifs is 2. The maximum atomic E-state index is 12.6. The lowest BCUT2D eigenvalue weighted by molar-refractivity contribution is 0.0833. The quantitative estimate of drug-likeness (QED) is 0.764. The van der Waals surface area contributed by atoms with Gasteiger partial charge < -0.3 is 14.8 Å². The minimum absolute atomic E-state index is 0.292. The minimum Gasteiger partial charge on any atom is -0.451 e. The van der Waals surface area contributed by atoms with Crippen molar-refractivity contribution in [3.8, 4) is 0 Å². The number of aliphatic hydroxyl groups excluding tert-OH is 1. The highest BCUT2D eigenvalue weighted by Crippen LogP contribution is 2.32. The van der Waals surface area contributed by atoms with Gasteiger partial charge in [-0.2, -0.15) is 0 Å². The van der Waals surface area contributed by atoms with Gasteiger partial charge in [-0.3, -0.25) is 4.79 Å². The normalized spacial score (nSPS) is 19.7. The molecule has 3 aromatic rings. The molecule has 1 aliphatic carbocycles. The number of amides is 1. The first-order valence-electron chi connectivity index (χ1n) is 7.70. The van der Waals surface area contributed by atoms with Gasteiger partial charge >= 0.3 is 0 Å². The fourth-order valence-corrected chi connectivity index (χ4v) is 3.35. The zero-order valence-electron chi connectivity index (χ0n) is 12.7. The summed E-state index contributed by atoms with van der Waals surface area (Å²) in [4.78, 5) is 12.6. The summed E-state index contributed by atoms with van der Waals surface area (Å²) in [5.41, 5.74) is 3.56. The fourth-order valence-electron chi connectivity index (χ4n) is 3.35. The molecule has 2 aromatic carbocycles. The van der Waals surface area contributed by atoms with E-state index in [0.29, 0.717) is 17.8 Å². The number of hydrogen-bond donors (Lipinski definition) is 2. The molecule has 2 atom stereocenters.